The Morgan fingerprint density at radius 3 is 2.73 bits per heavy atom. The number of pyridine rings is 1. The summed E-state index contributed by atoms with van der Waals surface area (Å²) in [6.07, 6.45) is 2.67. The molecule has 0 saturated carbocycles. The molecule has 1 N–H and O–H groups in total. The fourth-order valence-corrected chi connectivity index (χ4v) is 3.27. The molecule has 7 nitrogen and oxygen atoms in total. The normalized spacial score (nSPS) is 11.0. The predicted molar refractivity (Wildman–Crippen MR) is 104 cm³/mol. The molecule has 3 rings (SSSR count). The maximum atomic E-state index is 10.6. The molecule has 0 aliphatic heterocycles. The van der Waals surface area contributed by atoms with Crippen molar-refractivity contribution in [1.82, 2.24) is 4.98 Å². The van der Waals surface area contributed by atoms with Crippen LogP contribution >= 0.6 is 27.7 Å². The van der Waals surface area contributed by atoms with Crippen molar-refractivity contribution < 1.29 is 9.34 Å². The lowest BCUT2D eigenvalue weighted by atomic mass is 10.2. The molecule has 0 aliphatic carbocycles. The summed E-state index contributed by atoms with van der Waals surface area (Å²) in [7, 11) is 0. The van der Waals surface area contributed by atoms with Gasteiger partial charge in [-0.25, -0.2) is 4.98 Å². The largest absolute Gasteiger partial charge is 0.447 e. The molecular formula is C17H13BrN4O3S. The highest BCUT2D eigenvalue weighted by Crippen LogP contribution is 2.35. The molecule has 2 aromatic heterocycles. The number of nitro groups is 1. The van der Waals surface area contributed by atoms with E-state index in [0.717, 1.165) is 20.7 Å². The molecule has 0 bridgehead atoms. The van der Waals surface area contributed by atoms with E-state index in [1.54, 1.807) is 0 Å². The van der Waals surface area contributed by atoms with Crippen molar-refractivity contribution in [3.8, 4) is 0 Å². The number of halogens is 1. The van der Waals surface area contributed by atoms with E-state index in [1.165, 1.54) is 35.7 Å². The number of hydrazone groups is 1. The summed E-state index contributed by atoms with van der Waals surface area (Å²) >= 11 is 4.98. The smallest absolute Gasteiger partial charge is 0.287 e. The van der Waals surface area contributed by atoms with Crippen molar-refractivity contribution in [2.24, 2.45) is 5.10 Å². The first-order chi connectivity index (χ1) is 12.5. The number of nitrogens with zero attached hydrogens (tertiary/aromatic N) is 3. The van der Waals surface area contributed by atoms with Crippen LogP contribution in [0.1, 0.15) is 11.3 Å². The summed E-state index contributed by atoms with van der Waals surface area (Å²) in [6.45, 7) is 2.04. The van der Waals surface area contributed by atoms with E-state index in [1.807, 2.05) is 37.3 Å². The molecule has 0 aliphatic rings. The van der Waals surface area contributed by atoms with E-state index in [9.17, 15) is 10.1 Å². The molecule has 0 amide bonds. The zero-order valence-electron chi connectivity index (χ0n) is 13.5. The number of anilines is 1. The van der Waals surface area contributed by atoms with Crippen LogP contribution in [0.5, 0.6) is 0 Å². The third-order valence-electron chi connectivity index (χ3n) is 3.24. The molecule has 1 aromatic carbocycles. The monoisotopic (exact) mass is 432 g/mol. The minimum Gasteiger partial charge on any atom is -0.447 e. The van der Waals surface area contributed by atoms with Gasteiger partial charge in [0.1, 0.15) is 17.8 Å². The summed E-state index contributed by atoms with van der Waals surface area (Å²) in [6, 6.07) is 12.8. The molecule has 3 aromatic rings. The number of nitrogens with one attached hydrogen (secondary N) is 1. The Kier molecular flexibility index (Phi) is 5.69. The third-order valence-corrected chi connectivity index (χ3v) is 5.08. The topological polar surface area (TPSA) is 93.6 Å². The summed E-state index contributed by atoms with van der Waals surface area (Å²) in [5.74, 6) is 0.952. The van der Waals surface area contributed by atoms with Gasteiger partial charge in [0.25, 0.3) is 5.69 Å². The van der Waals surface area contributed by atoms with Crippen LogP contribution in [0, 0.1) is 17.0 Å². The van der Waals surface area contributed by atoms with E-state index in [-0.39, 0.29) is 5.69 Å². The molecule has 0 unspecified atom stereocenters. The zero-order valence-corrected chi connectivity index (χ0v) is 16.0. The quantitative estimate of drug-likeness (QED) is 0.324. The standard InChI is InChI=1S/C17H13BrN4O3S/c1-11-2-5-14(6-3-11)26-17-15(18)8-13(25-17)10-20-21-16-7-4-12(9-19-16)22(23)24/h2-10H,1H3,(H,19,21)/b20-10-. The van der Waals surface area contributed by atoms with E-state index >= 15 is 0 Å². The second-order valence-corrected chi connectivity index (χ2v) is 7.13. The number of hydrogen-bond acceptors (Lipinski definition) is 7. The number of hydrogen-bond donors (Lipinski definition) is 1. The van der Waals surface area contributed by atoms with Crippen molar-refractivity contribution in [2.45, 2.75) is 16.9 Å². The number of aryl methyl sites for hydroxylation is 1. The number of rotatable bonds is 6. The second-order valence-electron chi connectivity index (χ2n) is 5.23. The molecular weight excluding hydrogens is 420 g/mol. The van der Waals surface area contributed by atoms with Gasteiger partial charge < -0.3 is 4.42 Å². The van der Waals surface area contributed by atoms with Gasteiger partial charge in [0.15, 0.2) is 5.09 Å². The minimum absolute atomic E-state index is 0.0766. The van der Waals surface area contributed by atoms with Crippen molar-refractivity contribution in [3.05, 3.63) is 74.6 Å². The van der Waals surface area contributed by atoms with Crippen LogP contribution in [0.2, 0.25) is 0 Å². The highest BCUT2D eigenvalue weighted by molar-refractivity contribution is 9.10. The molecule has 26 heavy (non-hydrogen) atoms. The van der Waals surface area contributed by atoms with Crippen LogP contribution in [-0.2, 0) is 0 Å². The zero-order chi connectivity index (χ0) is 18.5. The van der Waals surface area contributed by atoms with E-state index in [0.29, 0.717) is 11.6 Å². The fraction of sp³-hybridized carbons (Fsp3) is 0.0588. The maximum absolute atomic E-state index is 10.6. The molecule has 0 radical (unpaired) electrons. The Balaban J connectivity index is 1.64. The van der Waals surface area contributed by atoms with Gasteiger partial charge in [0, 0.05) is 17.0 Å². The molecule has 0 spiro atoms. The van der Waals surface area contributed by atoms with Crippen LogP contribution < -0.4 is 5.43 Å². The Morgan fingerprint density at radius 2 is 2.08 bits per heavy atom. The van der Waals surface area contributed by atoms with Crippen LogP contribution in [0.4, 0.5) is 11.5 Å². The SMILES string of the molecule is Cc1ccc(Sc2oc(/C=N\Nc3ccc([N+](=O)[O-])cn3)cc2Br)cc1. The van der Waals surface area contributed by atoms with Gasteiger partial charge >= 0.3 is 0 Å². The molecule has 0 fully saturated rings. The van der Waals surface area contributed by atoms with Gasteiger partial charge in [-0.2, -0.15) is 5.10 Å². The Morgan fingerprint density at radius 1 is 1.31 bits per heavy atom. The van der Waals surface area contributed by atoms with Gasteiger partial charge in [-0.15, -0.1) is 0 Å². The lowest BCUT2D eigenvalue weighted by Gasteiger charge is -1.99. The first-order valence-corrected chi connectivity index (χ1v) is 9.05. The summed E-state index contributed by atoms with van der Waals surface area (Å²) in [5.41, 5.74) is 3.82. The Hall–Kier alpha value is -2.65. The van der Waals surface area contributed by atoms with Gasteiger partial charge in [0.2, 0.25) is 0 Å². The number of aromatic nitrogens is 1. The van der Waals surface area contributed by atoms with Crippen molar-refractivity contribution in [2.75, 3.05) is 5.43 Å². The number of furan rings is 1. The van der Waals surface area contributed by atoms with Crippen LogP contribution in [-0.4, -0.2) is 16.1 Å². The van der Waals surface area contributed by atoms with Gasteiger partial charge in [-0.1, -0.05) is 29.5 Å². The minimum atomic E-state index is -0.506. The summed E-state index contributed by atoms with van der Waals surface area (Å²) < 4.78 is 6.59. The van der Waals surface area contributed by atoms with E-state index in [4.69, 9.17) is 4.42 Å². The molecule has 0 atom stereocenters. The van der Waals surface area contributed by atoms with Crippen molar-refractivity contribution in [3.63, 3.8) is 0 Å². The second kappa shape index (κ2) is 8.15. The van der Waals surface area contributed by atoms with Crippen LogP contribution in [0.25, 0.3) is 0 Å². The van der Waals surface area contributed by atoms with Gasteiger partial charge in [-0.05, 0) is 41.1 Å². The van der Waals surface area contributed by atoms with Crippen LogP contribution in [0.15, 0.2) is 72.6 Å². The van der Waals surface area contributed by atoms with Gasteiger partial charge in [0.05, 0.1) is 15.6 Å². The Bertz CT molecular complexity index is 940. The highest BCUT2D eigenvalue weighted by Gasteiger charge is 2.10. The van der Waals surface area contributed by atoms with Gasteiger partial charge in [-0.3, -0.25) is 15.5 Å². The summed E-state index contributed by atoms with van der Waals surface area (Å²) in [5, 5.41) is 15.3. The Labute approximate surface area is 161 Å². The van der Waals surface area contributed by atoms with E-state index < -0.39 is 4.92 Å². The molecule has 2 heterocycles. The average Bonchev–Trinajstić information content (AvgIpc) is 2.97. The highest BCUT2D eigenvalue weighted by atomic mass is 79.9. The fourth-order valence-electron chi connectivity index (χ4n) is 1.94. The summed E-state index contributed by atoms with van der Waals surface area (Å²) in [4.78, 5) is 15.1. The first kappa shape index (κ1) is 18.2. The lowest BCUT2D eigenvalue weighted by molar-refractivity contribution is -0.385. The van der Waals surface area contributed by atoms with E-state index in [2.05, 4.69) is 31.4 Å². The third kappa shape index (κ3) is 4.70. The molecule has 0 saturated heterocycles. The van der Waals surface area contributed by atoms with Crippen LogP contribution in [0.3, 0.4) is 0 Å². The maximum Gasteiger partial charge on any atom is 0.287 e. The number of benzene rings is 1. The predicted octanol–water partition coefficient (Wildman–Crippen LogP) is 5.25. The molecule has 132 valence electrons. The molecule has 9 heteroatoms. The van der Waals surface area contributed by atoms with Crippen molar-refractivity contribution in [1.29, 1.82) is 0 Å². The average molecular weight is 433 g/mol. The van der Waals surface area contributed by atoms with Crippen molar-refractivity contribution >= 4 is 45.4 Å². The lowest BCUT2D eigenvalue weighted by Crippen LogP contribution is -1.94. The first-order valence-electron chi connectivity index (χ1n) is 7.44.